The second kappa shape index (κ2) is 10.8. The van der Waals surface area contributed by atoms with E-state index < -0.39 is 11.9 Å². The predicted molar refractivity (Wildman–Crippen MR) is 138 cm³/mol. The molecule has 0 unspecified atom stereocenters. The fourth-order valence-corrected chi connectivity index (χ4v) is 4.70. The molecule has 3 heterocycles. The van der Waals surface area contributed by atoms with E-state index in [0.29, 0.717) is 33.7 Å². The molecule has 0 aliphatic carbocycles. The Morgan fingerprint density at radius 1 is 1.05 bits per heavy atom. The molecule has 0 fully saturated rings. The van der Waals surface area contributed by atoms with Crippen LogP contribution < -0.4 is 10.6 Å². The normalized spacial score (nSPS) is 16.0. The molecule has 188 valence electrons. The van der Waals surface area contributed by atoms with Crippen molar-refractivity contribution >= 4 is 51.9 Å². The number of fused-ring (bicyclic) bond motifs is 3. The fraction of sp³-hybridized carbons (Fsp3) is 0.192. The van der Waals surface area contributed by atoms with E-state index in [4.69, 9.17) is 4.42 Å². The minimum Gasteiger partial charge on any atom is -0.467 e. The number of nitrogens with zero attached hydrogens (tertiary/aromatic N) is 3. The van der Waals surface area contributed by atoms with Crippen LogP contribution in [-0.2, 0) is 20.9 Å². The van der Waals surface area contributed by atoms with Gasteiger partial charge in [-0.1, -0.05) is 23.9 Å². The fourth-order valence-electron chi connectivity index (χ4n) is 3.90. The van der Waals surface area contributed by atoms with Crippen LogP contribution in [0.25, 0.3) is 0 Å². The Morgan fingerprint density at radius 2 is 1.86 bits per heavy atom. The molecule has 2 aliphatic rings. The molecule has 1 aromatic heterocycles. The zero-order valence-corrected chi connectivity index (χ0v) is 20.3. The second-order valence-corrected chi connectivity index (χ2v) is 9.23. The van der Waals surface area contributed by atoms with Crippen LogP contribution in [0.4, 0.5) is 15.8 Å². The molecule has 2 aliphatic heterocycles. The van der Waals surface area contributed by atoms with E-state index in [2.05, 4.69) is 20.6 Å². The summed E-state index contributed by atoms with van der Waals surface area (Å²) in [6, 6.07) is 15.5. The monoisotopic (exact) mass is 519 g/mol. The molecule has 0 spiro atoms. The highest BCUT2D eigenvalue weighted by Gasteiger charge is 2.41. The number of anilines is 1. The lowest BCUT2D eigenvalue weighted by Crippen LogP contribution is -2.41. The van der Waals surface area contributed by atoms with Gasteiger partial charge in [0.1, 0.15) is 23.5 Å². The molecule has 9 nitrogen and oxygen atoms in total. The lowest BCUT2D eigenvalue weighted by Gasteiger charge is -2.25. The van der Waals surface area contributed by atoms with E-state index in [-0.39, 0.29) is 42.9 Å². The first-order chi connectivity index (χ1) is 18.0. The minimum atomic E-state index is -0.741. The zero-order chi connectivity index (χ0) is 25.8. The molecule has 2 N–H and O–H groups in total. The Kier molecular flexibility index (Phi) is 7.13. The number of hydrogen-bond donors (Lipinski definition) is 2. The summed E-state index contributed by atoms with van der Waals surface area (Å²) in [5, 5.41) is 5.80. The van der Waals surface area contributed by atoms with Crippen molar-refractivity contribution in [3.63, 3.8) is 0 Å². The van der Waals surface area contributed by atoms with Crippen molar-refractivity contribution in [2.75, 3.05) is 11.1 Å². The van der Waals surface area contributed by atoms with Gasteiger partial charge in [-0.05, 0) is 55.0 Å². The van der Waals surface area contributed by atoms with Gasteiger partial charge in [-0.15, -0.1) is 0 Å². The van der Waals surface area contributed by atoms with Crippen LogP contribution in [-0.4, -0.2) is 45.4 Å². The SMILES string of the molecule is O=C(CC[C@H]1N=C2c3ccccc3N=C(SCC(=O)Nc3ccc(F)cc3)N2C1=O)NCc1ccco1. The van der Waals surface area contributed by atoms with Crippen molar-refractivity contribution in [3.8, 4) is 0 Å². The Labute approximate surface area is 215 Å². The van der Waals surface area contributed by atoms with Gasteiger partial charge in [-0.3, -0.25) is 19.4 Å². The molecule has 0 saturated heterocycles. The third-order valence-electron chi connectivity index (χ3n) is 5.69. The number of amides is 3. The van der Waals surface area contributed by atoms with Crippen molar-refractivity contribution < 1.29 is 23.2 Å². The molecule has 0 radical (unpaired) electrons. The minimum absolute atomic E-state index is 0.0186. The van der Waals surface area contributed by atoms with Gasteiger partial charge in [0.25, 0.3) is 5.91 Å². The predicted octanol–water partition coefficient (Wildman–Crippen LogP) is 3.85. The maximum absolute atomic E-state index is 13.3. The van der Waals surface area contributed by atoms with Gasteiger partial charge < -0.3 is 15.1 Å². The molecule has 1 atom stereocenters. The molecule has 2 aromatic carbocycles. The van der Waals surface area contributed by atoms with Crippen LogP contribution in [0.15, 0.2) is 81.3 Å². The lowest BCUT2D eigenvalue weighted by atomic mass is 10.1. The summed E-state index contributed by atoms with van der Waals surface area (Å²) in [4.78, 5) is 48.8. The number of benzene rings is 2. The smallest absolute Gasteiger partial charge is 0.259 e. The molecule has 5 rings (SSSR count). The van der Waals surface area contributed by atoms with Crippen LogP contribution in [0.1, 0.15) is 24.2 Å². The number of carbonyl (C=O) groups is 3. The number of para-hydroxylation sites is 1. The van der Waals surface area contributed by atoms with Gasteiger partial charge in [-0.25, -0.2) is 14.3 Å². The van der Waals surface area contributed by atoms with Crippen LogP contribution in [0.2, 0.25) is 0 Å². The van der Waals surface area contributed by atoms with Gasteiger partial charge in [-0.2, -0.15) is 0 Å². The molecule has 0 saturated carbocycles. The van der Waals surface area contributed by atoms with Crippen molar-refractivity contribution in [1.29, 1.82) is 0 Å². The summed E-state index contributed by atoms with van der Waals surface area (Å²) < 4.78 is 18.3. The number of nitrogens with one attached hydrogen (secondary N) is 2. The van der Waals surface area contributed by atoms with Crippen molar-refractivity contribution in [2.45, 2.75) is 25.4 Å². The summed E-state index contributed by atoms with van der Waals surface area (Å²) in [5.41, 5.74) is 1.82. The van der Waals surface area contributed by atoms with Crippen LogP contribution >= 0.6 is 11.8 Å². The van der Waals surface area contributed by atoms with Gasteiger partial charge in [0.05, 0.1) is 24.2 Å². The number of aliphatic imine (C=N–C) groups is 2. The van der Waals surface area contributed by atoms with Gasteiger partial charge >= 0.3 is 0 Å². The molecule has 11 heteroatoms. The Morgan fingerprint density at radius 3 is 2.65 bits per heavy atom. The van der Waals surface area contributed by atoms with Gasteiger partial charge in [0.2, 0.25) is 11.8 Å². The Bertz CT molecular complexity index is 1390. The number of halogens is 1. The molecular weight excluding hydrogens is 497 g/mol. The first-order valence-electron chi connectivity index (χ1n) is 11.5. The molecular formula is C26H22FN5O4S. The second-order valence-electron chi connectivity index (χ2n) is 8.29. The highest BCUT2D eigenvalue weighted by molar-refractivity contribution is 8.14. The number of amidine groups is 2. The Balaban J connectivity index is 1.25. The number of hydrogen-bond acceptors (Lipinski definition) is 7. The van der Waals surface area contributed by atoms with E-state index in [9.17, 15) is 18.8 Å². The summed E-state index contributed by atoms with van der Waals surface area (Å²) in [5.74, 6) is -0.155. The summed E-state index contributed by atoms with van der Waals surface area (Å²) in [6.07, 6.45) is 1.88. The van der Waals surface area contributed by atoms with E-state index in [0.717, 1.165) is 11.8 Å². The lowest BCUT2D eigenvalue weighted by molar-refractivity contribution is -0.125. The number of thioether (sulfide) groups is 1. The summed E-state index contributed by atoms with van der Waals surface area (Å²) >= 11 is 1.10. The maximum atomic E-state index is 13.3. The average molecular weight is 520 g/mol. The Hall–Kier alpha value is -4.25. The highest BCUT2D eigenvalue weighted by atomic mass is 32.2. The summed E-state index contributed by atoms with van der Waals surface area (Å²) in [6.45, 7) is 0.270. The van der Waals surface area contributed by atoms with Crippen LogP contribution in [0.5, 0.6) is 0 Å². The molecule has 3 amide bonds. The van der Waals surface area contributed by atoms with Crippen molar-refractivity contribution in [3.05, 3.63) is 84.1 Å². The summed E-state index contributed by atoms with van der Waals surface area (Å²) in [7, 11) is 0. The molecule has 0 bridgehead atoms. The third-order valence-corrected chi connectivity index (χ3v) is 6.63. The molecule has 3 aromatic rings. The number of rotatable bonds is 8. The standard InChI is InChI=1S/C26H22FN5O4S/c27-16-7-9-17(10-8-16)29-23(34)15-37-26-31-20-6-2-1-5-19(20)24-30-21(25(35)32(24)26)11-12-22(33)28-14-18-4-3-13-36-18/h1-10,13,21H,11-12,14-15H2,(H,28,33)(H,29,34)/t21-/m1/s1. The van der Waals surface area contributed by atoms with Crippen molar-refractivity contribution in [2.24, 2.45) is 9.98 Å². The first-order valence-corrected chi connectivity index (χ1v) is 12.5. The first kappa shape index (κ1) is 24.4. The van der Waals surface area contributed by atoms with E-state index in [1.807, 2.05) is 24.3 Å². The van der Waals surface area contributed by atoms with Gasteiger partial charge in [0, 0.05) is 17.7 Å². The van der Waals surface area contributed by atoms with Gasteiger partial charge in [0.15, 0.2) is 5.17 Å². The van der Waals surface area contributed by atoms with Crippen LogP contribution in [0.3, 0.4) is 0 Å². The zero-order valence-electron chi connectivity index (χ0n) is 19.5. The third kappa shape index (κ3) is 5.61. The average Bonchev–Trinajstić information content (AvgIpc) is 3.54. The van der Waals surface area contributed by atoms with Crippen LogP contribution in [0, 0.1) is 5.82 Å². The van der Waals surface area contributed by atoms with E-state index in [1.54, 1.807) is 12.1 Å². The van der Waals surface area contributed by atoms with E-state index in [1.165, 1.54) is 35.4 Å². The van der Waals surface area contributed by atoms with E-state index >= 15 is 0 Å². The van der Waals surface area contributed by atoms with Crippen molar-refractivity contribution in [1.82, 2.24) is 10.2 Å². The largest absolute Gasteiger partial charge is 0.467 e. The highest BCUT2D eigenvalue weighted by Crippen LogP contribution is 2.34. The maximum Gasteiger partial charge on any atom is 0.259 e. The topological polar surface area (TPSA) is 116 Å². The number of furan rings is 1. The quantitative estimate of drug-likeness (QED) is 0.469. The number of carbonyl (C=O) groups excluding carboxylic acids is 3. The molecule has 37 heavy (non-hydrogen) atoms.